The largest absolute Gasteiger partial charge is 0.327 e. The van der Waals surface area contributed by atoms with Crippen molar-refractivity contribution in [2.75, 3.05) is 32.4 Å². The quantitative estimate of drug-likeness (QED) is 0.456. The lowest BCUT2D eigenvalue weighted by molar-refractivity contribution is 0.136. The number of hydrogen-bond donors (Lipinski definition) is 0. The Labute approximate surface area is 220 Å². The van der Waals surface area contributed by atoms with Crippen LogP contribution in [0.15, 0.2) is 41.3 Å². The first-order valence-corrected chi connectivity index (χ1v) is 15.5. The minimum absolute atomic E-state index is 0.260. The Morgan fingerprint density at radius 2 is 1.68 bits per heavy atom. The molecule has 1 atom stereocenters. The molecular weight excluding hydrogens is 487 g/mol. The number of likely N-dealkylation sites (tertiary alicyclic amines) is 2. The second kappa shape index (κ2) is 10.5. The first kappa shape index (κ1) is 26.3. The summed E-state index contributed by atoms with van der Waals surface area (Å²) in [5.74, 6) is 0.687. The molecule has 2 aromatic carbocycles. The Bertz CT molecular complexity index is 1360. The average molecular weight is 527 g/mol. The summed E-state index contributed by atoms with van der Waals surface area (Å²) in [7, 11) is -1.38. The van der Waals surface area contributed by atoms with Crippen LogP contribution < -0.4 is 0 Å². The molecule has 0 saturated carbocycles. The van der Waals surface area contributed by atoms with Crippen molar-refractivity contribution in [1.29, 1.82) is 0 Å². The van der Waals surface area contributed by atoms with Crippen molar-refractivity contribution in [3.8, 4) is 11.4 Å². The number of piperidine rings is 1. The number of halogens is 1. The van der Waals surface area contributed by atoms with E-state index in [9.17, 15) is 8.42 Å². The zero-order valence-corrected chi connectivity index (χ0v) is 23.3. The summed E-state index contributed by atoms with van der Waals surface area (Å²) < 4.78 is 40.8. The van der Waals surface area contributed by atoms with Crippen LogP contribution in [-0.4, -0.2) is 72.3 Å². The monoisotopic (exact) mass is 526 g/mol. The molecule has 200 valence electrons. The molecule has 6 nitrogen and oxygen atoms in total. The maximum absolute atomic E-state index is 15.3. The fourth-order valence-electron chi connectivity index (χ4n) is 6.19. The Balaban J connectivity index is 1.32. The highest BCUT2D eigenvalue weighted by Crippen LogP contribution is 2.34. The van der Waals surface area contributed by atoms with Crippen LogP contribution in [-0.2, 0) is 16.9 Å². The Kier molecular flexibility index (Phi) is 7.44. The normalized spacial score (nSPS) is 21.1. The lowest BCUT2D eigenvalue weighted by Gasteiger charge is -2.37. The molecule has 2 aliphatic rings. The third-order valence-electron chi connectivity index (χ3n) is 8.48. The maximum atomic E-state index is 15.3. The Morgan fingerprint density at radius 1 is 0.973 bits per heavy atom. The lowest BCUT2D eigenvalue weighted by Crippen LogP contribution is -2.41. The van der Waals surface area contributed by atoms with Crippen molar-refractivity contribution < 1.29 is 12.8 Å². The summed E-state index contributed by atoms with van der Waals surface area (Å²) in [5, 5.41) is 0. The summed E-state index contributed by atoms with van der Waals surface area (Å²) in [5.41, 5.74) is 2.95. The van der Waals surface area contributed by atoms with Gasteiger partial charge in [-0.05, 0) is 120 Å². The maximum Gasteiger partial charge on any atom is 0.175 e. The summed E-state index contributed by atoms with van der Waals surface area (Å²) in [6, 6.07) is 11.7. The van der Waals surface area contributed by atoms with Gasteiger partial charge in [-0.25, -0.2) is 17.8 Å². The summed E-state index contributed by atoms with van der Waals surface area (Å²) in [6.07, 6.45) is 7.07. The predicted octanol–water partition coefficient (Wildman–Crippen LogP) is 5.23. The average Bonchev–Trinajstić information content (AvgIpc) is 3.04. The van der Waals surface area contributed by atoms with Gasteiger partial charge in [0.25, 0.3) is 0 Å². The zero-order valence-electron chi connectivity index (χ0n) is 22.5. The van der Waals surface area contributed by atoms with E-state index in [0.717, 1.165) is 42.6 Å². The smallest absolute Gasteiger partial charge is 0.175 e. The van der Waals surface area contributed by atoms with Gasteiger partial charge in [0, 0.05) is 31.0 Å². The SMILES string of the molecule is CC(C)N1CCCC(N2CCC(c3cc(F)c4nc(-c5ccc(S(C)(=O)=O)cc5)n(C)c4c3)CC2)CC1. The van der Waals surface area contributed by atoms with Gasteiger partial charge in [-0.2, -0.15) is 0 Å². The van der Waals surface area contributed by atoms with Crippen LogP contribution in [0.25, 0.3) is 22.4 Å². The van der Waals surface area contributed by atoms with Gasteiger partial charge in [-0.3, -0.25) is 0 Å². The third kappa shape index (κ3) is 5.47. The van der Waals surface area contributed by atoms with Crippen LogP contribution >= 0.6 is 0 Å². The first-order valence-electron chi connectivity index (χ1n) is 13.6. The molecule has 2 aliphatic heterocycles. The van der Waals surface area contributed by atoms with Crippen molar-refractivity contribution in [2.24, 2.45) is 7.05 Å². The second-order valence-electron chi connectivity index (χ2n) is 11.2. The standard InChI is InChI=1S/C29H39FN4O2S/c1-20(2)33-14-5-6-24(13-17-33)34-15-11-21(12-16-34)23-18-26(30)28-27(19-23)32(3)29(31-28)22-7-9-25(10-8-22)37(4,35)36/h7-10,18-21,24H,5-6,11-17H2,1-4H3. The number of fused-ring (bicyclic) bond motifs is 1. The number of imidazole rings is 1. The summed E-state index contributed by atoms with van der Waals surface area (Å²) in [6.45, 7) is 9.12. The van der Waals surface area contributed by atoms with E-state index in [-0.39, 0.29) is 10.7 Å². The highest BCUT2D eigenvalue weighted by Gasteiger charge is 2.29. The number of hydrogen-bond acceptors (Lipinski definition) is 5. The van der Waals surface area contributed by atoms with Crippen molar-refractivity contribution in [1.82, 2.24) is 19.4 Å². The molecule has 37 heavy (non-hydrogen) atoms. The van der Waals surface area contributed by atoms with E-state index in [0.29, 0.717) is 29.3 Å². The number of benzene rings is 2. The van der Waals surface area contributed by atoms with Crippen molar-refractivity contribution in [2.45, 2.75) is 68.8 Å². The first-order chi connectivity index (χ1) is 17.6. The Morgan fingerprint density at radius 3 is 2.32 bits per heavy atom. The lowest BCUT2D eigenvalue weighted by atomic mass is 9.88. The van der Waals surface area contributed by atoms with Crippen molar-refractivity contribution in [3.05, 3.63) is 47.8 Å². The topological polar surface area (TPSA) is 58.4 Å². The predicted molar refractivity (Wildman–Crippen MR) is 147 cm³/mol. The zero-order chi connectivity index (χ0) is 26.3. The van der Waals surface area contributed by atoms with E-state index in [1.165, 1.54) is 38.6 Å². The third-order valence-corrected chi connectivity index (χ3v) is 9.61. The molecule has 1 unspecified atom stereocenters. The number of rotatable bonds is 5. The van der Waals surface area contributed by atoms with Gasteiger partial charge in [0.15, 0.2) is 15.7 Å². The van der Waals surface area contributed by atoms with E-state index in [1.807, 2.05) is 11.6 Å². The number of nitrogens with zero attached hydrogens (tertiary/aromatic N) is 4. The molecule has 0 spiro atoms. The second-order valence-corrected chi connectivity index (χ2v) is 13.2. The van der Waals surface area contributed by atoms with E-state index < -0.39 is 9.84 Å². The minimum Gasteiger partial charge on any atom is -0.327 e. The molecule has 0 amide bonds. The van der Waals surface area contributed by atoms with Crippen LogP contribution in [0, 0.1) is 5.82 Å². The molecule has 0 bridgehead atoms. The molecule has 2 fully saturated rings. The van der Waals surface area contributed by atoms with Crippen LogP contribution in [0.5, 0.6) is 0 Å². The molecule has 5 rings (SSSR count). The van der Waals surface area contributed by atoms with Gasteiger partial charge in [0.2, 0.25) is 0 Å². The molecular formula is C29H39FN4O2S. The number of aromatic nitrogens is 2. The van der Waals surface area contributed by atoms with Crippen molar-refractivity contribution >= 4 is 20.9 Å². The van der Waals surface area contributed by atoms with Crippen LogP contribution in [0.2, 0.25) is 0 Å². The van der Waals surface area contributed by atoms with Gasteiger partial charge < -0.3 is 14.4 Å². The molecule has 0 N–H and O–H groups in total. The summed E-state index contributed by atoms with van der Waals surface area (Å²) >= 11 is 0. The van der Waals surface area contributed by atoms with Gasteiger partial charge in [-0.1, -0.05) is 0 Å². The van der Waals surface area contributed by atoms with Gasteiger partial charge in [0.1, 0.15) is 11.3 Å². The van der Waals surface area contributed by atoms with Crippen LogP contribution in [0.4, 0.5) is 4.39 Å². The fraction of sp³-hybridized carbons (Fsp3) is 0.552. The van der Waals surface area contributed by atoms with E-state index in [1.54, 1.807) is 30.3 Å². The van der Waals surface area contributed by atoms with E-state index in [2.05, 4.69) is 34.7 Å². The molecule has 3 aromatic rings. The summed E-state index contributed by atoms with van der Waals surface area (Å²) in [4.78, 5) is 10.1. The van der Waals surface area contributed by atoms with Crippen LogP contribution in [0.1, 0.15) is 57.4 Å². The fourth-order valence-corrected chi connectivity index (χ4v) is 6.82. The van der Waals surface area contributed by atoms with Gasteiger partial charge in [-0.15, -0.1) is 0 Å². The van der Waals surface area contributed by atoms with E-state index >= 15 is 4.39 Å². The van der Waals surface area contributed by atoms with E-state index in [4.69, 9.17) is 0 Å². The van der Waals surface area contributed by atoms with Crippen LogP contribution in [0.3, 0.4) is 0 Å². The van der Waals surface area contributed by atoms with Gasteiger partial charge >= 0.3 is 0 Å². The molecule has 0 radical (unpaired) electrons. The minimum atomic E-state index is -3.27. The number of aryl methyl sites for hydroxylation is 1. The molecule has 0 aliphatic carbocycles. The Hall–Kier alpha value is -2.29. The molecule has 1 aromatic heterocycles. The highest BCUT2D eigenvalue weighted by atomic mass is 32.2. The molecule has 2 saturated heterocycles. The van der Waals surface area contributed by atoms with Crippen molar-refractivity contribution in [3.63, 3.8) is 0 Å². The highest BCUT2D eigenvalue weighted by molar-refractivity contribution is 7.90. The van der Waals surface area contributed by atoms with Gasteiger partial charge in [0.05, 0.1) is 10.4 Å². The molecule has 8 heteroatoms. The number of sulfone groups is 1. The molecule has 3 heterocycles.